The van der Waals surface area contributed by atoms with E-state index >= 15 is 0 Å². The summed E-state index contributed by atoms with van der Waals surface area (Å²) in [7, 11) is 1.48. The van der Waals surface area contributed by atoms with E-state index in [1.807, 2.05) is 0 Å². The zero-order valence-electron chi connectivity index (χ0n) is 10.0. The Morgan fingerprint density at radius 1 is 1.37 bits per heavy atom. The van der Waals surface area contributed by atoms with Crippen LogP contribution in [-0.4, -0.2) is 28.4 Å². The Bertz CT molecular complexity index is 604. The van der Waals surface area contributed by atoms with E-state index < -0.39 is 0 Å². The van der Waals surface area contributed by atoms with E-state index in [1.165, 1.54) is 25.7 Å². The van der Waals surface area contributed by atoms with E-state index in [4.69, 9.17) is 16.3 Å². The summed E-state index contributed by atoms with van der Waals surface area (Å²) >= 11 is 5.81. The van der Waals surface area contributed by atoms with Crippen molar-refractivity contribution in [2.45, 2.75) is 0 Å². The number of rotatable bonds is 4. The van der Waals surface area contributed by atoms with Crippen molar-refractivity contribution in [2.75, 3.05) is 12.5 Å². The highest BCUT2D eigenvalue weighted by atomic mass is 35.5. The Morgan fingerprint density at radius 2 is 2.16 bits per heavy atom. The number of nitrogens with one attached hydrogen (secondary N) is 1. The second kappa shape index (κ2) is 6.01. The molecule has 0 spiro atoms. The van der Waals surface area contributed by atoms with Crippen LogP contribution in [0, 0.1) is 0 Å². The fourth-order valence-corrected chi connectivity index (χ4v) is 1.51. The first-order chi connectivity index (χ1) is 9.22. The van der Waals surface area contributed by atoms with Crippen molar-refractivity contribution in [1.82, 2.24) is 9.97 Å². The first-order valence-electron chi connectivity index (χ1n) is 5.34. The number of hydrogen-bond donors (Lipinski definition) is 2. The van der Waals surface area contributed by atoms with Crippen LogP contribution in [0.1, 0.15) is 5.56 Å². The highest BCUT2D eigenvalue weighted by molar-refractivity contribution is 6.31. The van der Waals surface area contributed by atoms with Gasteiger partial charge in [0.05, 0.1) is 13.3 Å². The van der Waals surface area contributed by atoms with E-state index in [1.54, 1.807) is 18.2 Å². The number of hydrazone groups is 1. The normalized spacial score (nSPS) is 10.6. The van der Waals surface area contributed by atoms with Crippen molar-refractivity contribution < 1.29 is 9.84 Å². The van der Waals surface area contributed by atoms with Gasteiger partial charge in [-0.25, -0.2) is 9.97 Å². The fourth-order valence-electron chi connectivity index (χ4n) is 1.37. The van der Waals surface area contributed by atoms with Crippen LogP contribution in [0.3, 0.4) is 0 Å². The number of hydrogen-bond acceptors (Lipinski definition) is 6. The van der Waals surface area contributed by atoms with E-state index in [9.17, 15) is 5.11 Å². The molecule has 0 saturated heterocycles. The summed E-state index contributed by atoms with van der Waals surface area (Å²) in [6, 6.07) is 5.09. The Morgan fingerprint density at radius 3 is 2.89 bits per heavy atom. The molecule has 0 unspecified atom stereocenters. The van der Waals surface area contributed by atoms with E-state index in [-0.39, 0.29) is 10.9 Å². The van der Waals surface area contributed by atoms with Crippen molar-refractivity contribution in [3.8, 4) is 11.5 Å². The van der Waals surface area contributed by atoms with Gasteiger partial charge in [0, 0.05) is 18.0 Å². The van der Waals surface area contributed by atoms with Gasteiger partial charge in [0.2, 0.25) is 0 Å². The lowest BCUT2D eigenvalue weighted by Gasteiger charge is -2.05. The number of halogens is 1. The minimum Gasteiger partial charge on any atom is -0.504 e. The molecule has 0 saturated carbocycles. The average Bonchev–Trinajstić information content (AvgIpc) is 2.43. The van der Waals surface area contributed by atoms with Crippen molar-refractivity contribution in [1.29, 1.82) is 0 Å². The van der Waals surface area contributed by atoms with Gasteiger partial charge in [0.15, 0.2) is 22.5 Å². The highest BCUT2D eigenvalue weighted by Gasteiger charge is 2.05. The molecule has 0 aliphatic rings. The van der Waals surface area contributed by atoms with Gasteiger partial charge in [0.25, 0.3) is 0 Å². The molecule has 1 heterocycles. The molecule has 0 amide bonds. The Hall–Kier alpha value is -2.34. The number of phenols is 1. The van der Waals surface area contributed by atoms with Crippen molar-refractivity contribution >= 4 is 23.6 Å². The van der Waals surface area contributed by atoms with Gasteiger partial charge < -0.3 is 9.84 Å². The van der Waals surface area contributed by atoms with Gasteiger partial charge >= 0.3 is 0 Å². The van der Waals surface area contributed by atoms with Crippen LogP contribution >= 0.6 is 11.6 Å². The minimum absolute atomic E-state index is 0.0146. The Labute approximate surface area is 114 Å². The highest BCUT2D eigenvalue weighted by Crippen LogP contribution is 2.28. The van der Waals surface area contributed by atoms with Gasteiger partial charge in [-0.1, -0.05) is 17.7 Å². The minimum atomic E-state index is 0.0146. The quantitative estimate of drug-likeness (QED) is 0.662. The van der Waals surface area contributed by atoms with Gasteiger partial charge in [0.1, 0.15) is 0 Å². The largest absolute Gasteiger partial charge is 0.504 e. The molecule has 2 rings (SSSR count). The van der Waals surface area contributed by atoms with Gasteiger partial charge in [-0.05, 0) is 12.1 Å². The summed E-state index contributed by atoms with van der Waals surface area (Å²) in [5.41, 5.74) is 3.14. The molecule has 0 fully saturated rings. The summed E-state index contributed by atoms with van der Waals surface area (Å²) in [5, 5.41) is 14.0. The standard InChI is InChI=1S/C12H11ClN4O2/c1-19-9-4-2-3-8(10(9)18)7-16-17-12-11(13)14-5-6-15-12/h2-7,18H,1H3,(H,15,17). The zero-order valence-corrected chi connectivity index (χ0v) is 10.8. The van der Waals surface area contributed by atoms with Crippen molar-refractivity contribution in [3.05, 3.63) is 41.3 Å². The maximum atomic E-state index is 9.84. The van der Waals surface area contributed by atoms with Crippen molar-refractivity contribution in [3.63, 3.8) is 0 Å². The molecule has 0 atom stereocenters. The van der Waals surface area contributed by atoms with Crippen molar-refractivity contribution in [2.24, 2.45) is 5.10 Å². The first kappa shape index (κ1) is 13.1. The number of benzene rings is 1. The van der Waals surface area contributed by atoms with Crippen LogP contribution in [0.25, 0.3) is 0 Å². The number of aromatic nitrogens is 2. The molecule has 1 aromatic carbocycles. The van der Waals surface area contributed by atoms with Crippen LogP contribution in [0.4, 0.5) is 5.82 Å². The molecule has 0 radical (unpaired) electrons. The molecule has 2 aromatic rings. The number of methoxy groups -OCH3 is 1. The smallest absolute Gasteiger partial charge is 0.184 e. The van der Waals surface area contributed by atoms with Gasteiger partial charge in [-0.3, -0.25) is 5.43 Å². The number of aromatic hydroxyl groups is 1. The second-order valence-corrected chi connectivity index (χ2v) is 3.82. The van der Waals surface area contributed by atoms with Crippen LogP contribution < -0.4 is 10.2 Å². The number of phenolic OH excluding ortho intramolecular Hbond substituents is 1. The predicted octanol–water partition coefficient (Wildman–Crippen LogP) is 2.29. The fraction of sp³-hybridized carbons (Fsp3) is 0.0833. The maximum Gasteiger partial charge on any atom is 0.184 e. The van der Waals surface area contributed by atoms with Gasteiger partial charge in [-0.15, -0.1) is 0 Å². The van der Waals surface area contributed by atoms with Gasteiger partial charge in [-0.2, -0.15) is 5.10 Å². The van der Waals surface area contributed by atoms with Crippen LogP contribution in [0.15, 0.2) is 35.7 Å². The molecule has 1 aromatic heterocycles. The zero-order chi connectivity index (χ0) is 13.7. The Balaban J connectivity index is 2.14. The topological polar surface area (TPSA) is 79.6 Å². The third kappa shape index (κ3) is 3.11. The summed E-state index contributed by atoms with van der Waals surface area (Å²) in [5.74, 6) is 0.727. The predicted molar refractivity (Wildman–Crippen MR) is 72.9 cm³/mol. The summed E-state index contributed by atoms with van der Waals surface area (Å²) in [6.45, 7) is 0. The molecule has 19 heavy (non-hydrogen) atoms. The van der Waals surface area contributed by atoms with E-state index in [0.29, 0.717) is 17.1 Å². The SMILES string of the molecule is COc1cccc(C=NNc2nccnc2Cl)c1O. The van der Waals surface area contributed by atoms with Crippen LogP contribution in [-0.2, 0) is 0 Å². The first-order valence-corrected chi connectivity index (χ1v) is 5.71. The Kier molecular flexibility index (Phi) is 4.15. The monoisotopic (exact) mass is 278 g/mol. The maximum absolute atomic E-state index is 9.84. The molecule has 98 valence electrons. The van der Waals surface area contributed by atoms with Crippen LogP contribution in [0.5, 0.6) is 11.5 Å². The molecule has 6 nitrogen and oxygen atoms in total. The molecular formula is C12H11ClN4O2. The number of anilines is 1. The lowest BCUT2D eigenvalue weighted by atomic mass is 10.2. The molecule has 0 bridgehead atoms. The third-order valence-electron chi connectivity index (χ3n) is 2.28. The summed E-state index contributed by atoms with van der Waals surface area (Å²) in [4.78, 5) is 7.81. The summed E-state index contributed by atoms with van der Waals surface area (Å²) < 4.78 is 4.99. The van der Waals surface area contributed by atoms with E-state index in [2.05, 4.69) is 20.5 Å². The van der Waals surface area contributed by atoms with E-state index in [0.717, 1.165) is 0 Å². The number of ether oxygens (including phenoxy) is 1. The number of para-hydroxylation sites is 1. The number of nitrogens with zero attached hydrogens (tertiary/aromatic N) is 3. The summed E-state index contributed by atoms with van der Waals surface area (Å²) in [6.07, 6.45) is 4.40. The molecule has 0 aliphatic heterocycles. The molecule has 2 N–H and O–H groups in total. The molecule has 7 heteroatoms. The lowest BCUT2D eigenvalue weighted by Crippen LogP contribution is -1.96. The second-order valence-electron chi connectivity index (χ2n) is 3.46. The average molecular weight is 279 g/mol. The lowest BCUT2D eigenvalue weighted by molar-refractivity contribution is 0.373. The molecule has 0 aliphatic carbocycles. The molecular weight excluding hydrogens is 268 g/mol. The van der Waals surface area contributed by atoms with Crippen LogP contribution in [0.2, 0.25) is 5.15 Å². The third-order valence-corrected chi connectivity index (χ3v) is 2.55.